The first-order valence-corrected chi connectivity index (χ1v) is 5.62. The molecule has 0 heterocycles. The molecule has 0 amide bonds. The second-order valence-corrected chi connectivity index (χ2v) is 3.52. The van der Waals surface area contributed by atoms with Crippen LogP contribution in [-0.2, 0) is 9.53 Å². The van der Waals surface area contributed by atoms with Gasteiger partial charge in [-0.05, 0) is 19.3 Å². The summed E-state index contributed by atoms with van der Waals surface area (Å²) < 4.78 is 4.83. The Bertz CT molecular complexity index is 298. The summed E-state index contributed by atoms with van der Waals surface area (Å²) in [5, 5.41) is 18.6. The van der Waals surface area contributed by atoms with E-state index in [0.29, 0.717) is 19.3 Å². The molecular weight excluding hydrogens is 206 g/mol. The highest BCUT2D eigenvalue weighted by Gasteiger charge is 2.21. The number of ether oxygens (including phenoxy) is 1. The number of rotatable bonds is 6. The lowest BCUT2D eigenvalue weighted by Gasteiger charge is -2.12. The Morgan fingerprint density at radius 3 is 2.31 bits per heavy atom. The van der Waals surface area contributed by atoms with Gasteiger partial charge in [-0.2, -0.15) is 5.26 Å². The van der Waals surface area contributed by atoms with Crippen LogP contribution in [0.1, 0.15) is 40.0 Å². The number of nitrogens with zero attached hydrogens (tertiary/aromatic N) is 1. The molecule has 0 radical (unpaired) electrons. The topological polar surface area (TPSA) is 70.3 Å². The molecule has 0 bridgehead atoms. The van der Waals surface area contributed by atoms with Crippen LogP contribution in [0.15, 0.2) is 11.3 Å². The van der Waals surface area contributed by atoms with E-state index in [2.05, 4.69) is 0 Å². The maximum atomic E-state index is 11.4. The minimum atomic E-state index is -0.728. The number of carbonyl (C=O) groups is 1. The van der Waals surface area contributed by atoms with Crippen molar-refractivity contribution in [3.63, 3.8) is 0 Å². The highest BCUT2D eigenvalue weighted by molar-refractivity contribution is 5.93. The van der Waals surface area contributed by atoms with E-state index in [1.54, 1.807) is 6.07 Å². The number of esters is 1. The van der Waals surface area contributed by atoms with Crippen molar-refractivity contribution >= 4 is 5.97 Å². The Morgan fingerprint density at radius 1 is 1.38 bits per heavy atom. The van der Waals surface area contributed by atoms with Gasteiger partial charge in [0.15, 0.2) is 5.57 Å². The lowest BCUT2D eigenvalue weighted by molar-refractivity contribution is -0.138. The molecule has 0 saturated heterocycles. The van der Waals surface area contributed by atoms with Gasteiger partial charge in [0.1, 0.15) is 11.8 Å². The number of allylic oxidation sites excluding steroid dienone is 1. The van der Waals surface area contributed by atoms with Crippen LogP contribution in [0.3, 0.4) is 0 Å². The van der Waals surface area contributed by atoms with Gasteiger partial charge >= 0.3 is 5.97 Å². The van der Waals surface area contributed by atoms with Gasteiger partial charge in [-0.15, -0.1) is 0 Å². The maximum absolute atomic E-state index is 11.4. The summed E-state index contributed by atoms with van der Waals surface area (Å²) in [4.78, 5) is 11.4. The summed E-state index contributed by atoms with van der Waals surface area (Å²) in [7, 11) is 0. The minimum Gasteiger partial charge on any atom is -0.510 e. The van der Waals surface area contributed by atoms with E-state index < -0.39 is 5.97 Å². The second-order valence-electron chi connectivity index (χ2n) is 3.52. The first kappa shape index (κ1) is 14.5. The smallest absolute Gasteiger partial charge is 0.352 e. The number of hydrogen-bond donors (Lipinski definition) is 1. The summed E-state index contributed by atoms with van der Waals surface area (Å²) in [6.45, 7) is 5.93. The molecule has 0 aromatic carbocycles. The van der Waals surface area contributed by atoms with E-state index >= 15 is 0 Å². The van der Waals surface area contributed by atoms with Gasteiger partial charge in [0.2, 0.25) is 0 Å². The Balaban J connectivity index is 4.87. The van der Waals surface area contributed by atoms with Crippen LogP contribution >= 0.6 is 0 Å². The predicted octanol–water partition coefficient (Wildman–Crippen LogP) is 2.71. The molecule has 0 atom stereocenters. The molecule has 16 heavy (non-hydrogen) atoms. The zero-order valence-electron chi connectivity index (χ0n) is 10.1. The summed E-state index contributed by atoms with van der Waals surface area (Å²) >= 11 is 0. The zero-order valence-corrected chi connectivity index (χ0v) is 10.1. The summed E-state index contributed by atoms with van der Waals surface area (Å²) in [5.74, 6) is -1.02. The second kappa shape index (κ2) is 7.75. The van der Waals surface area contributed by atoms with E-state index in [0.717, 1.165) is 0 Å². The van der Waals surface area contributed by atoms with Crippen molar-refractivity contribution in [2.75, 3.05) is 6.61 Å². The fourth-order valence-corrected chi connectivity index (χ4v) is 1.35. The van der Waals surface area contributed by atoms with Crippen LogP contribution in [0.2, 0.25) is 0 Å². The largest absolute Gasteiger partial charge is 0.510 e. The quantitative estimate of drug-likeness (QED) is 0.326. The molecule has 1 N–H and O–H groups in total. The third-order valence-electron chi connectivity index (χ3n) is 2.38. The summed E-state index contributed by atoms with van der Waals surface area (Å²) in [6, 6.07) is 1.71. The van der Waals surface area contributed by atoms with Crippen molar-refractivity contribution in [3.8, 4) is 6.07 Å². The molecule has 0 fully saturated rings. The SMILES string of the molecule is CCCOC(=O)/C(C#N)=C(\O)C(CC)CC. The first-order chi connectivity index (χ1) is 7.62. The Labute approximate surface area is 96.5 Å². The summed E-state index contributed by atoms with van der Waals surface area (Å²) in [6.07, 6.45) is 2.07. The lowest BCUT2D eigenvalue weighted by Crippen LogP contribution is -2.13. The molecule has 0 aliphatic rings. The van der Waals surface area contributed by atoms with Crippen molar-refractivity contribution < 1.29 is 14.6 Å². The average Bonchev–Trinajstić information content (AvgIpc) is 2.29. The van der Waals surface area contributed by atoms with E-state index in [9.17, 15) is 9.90 Å². The van der Waals surface area contributed by atoms with Crippen molar-refractivity contribution in [3.05, 3.63) is 11.3 Å². The van der Waals surface area contributed by atoms with Gasteiger partial charge < -0.3 is 9.84 Å². The molecule has 0 unspecified atom stereocenters. The molecule has 4 nitrogen and oxygen atoms in total. The molecule has 0 aliphatic carbocycles. The van der Waals surface area contributed by atoms with Gasteiger partial charge in [0.05, 0.1) is 6.61 Å². The number of aliphatic hydroxyl groups excluding tert-OH is 1. The van der Waals surface area contributed by atoms with E-state index in [-0.39, 0.29) is 23.9 Å². The lowest BCUT2D eigenvalue weighted by atomic mass is 9.98. The Hall–Kier alpha value is -1.50. The highest BCUT2D eigenvalue weighted by Crippen LogP contribution is 2.20. The molecule has 0 rings (SSSR count). The van der Waals surface area contributed by atoms with Crippen molar-refractivity contribution in [1.82, 2.24) is 0 Å². The van der Waals surface area contributed by atoms with Gasteiger partial charge in [0.25, 0.3) is 0 Å². The Kier molecular flexibility index (Phi) is 7.02. The molecule has 0 aromatic heterocycles. The van der Waals surface area contributed by atoms with Gasteiger partial charge in [-0.1, -0.05) is 20.8 Å². The normalized spacial score (nSPS) is 11.9. The fourth-order valence-electron chi connectivity index (χ4n) is 1.35. The molecule has 0 spiro atoms. The summed E-state index contributed by atoms with van der Waals surface area (Å²) in [5.41, 5.74) is -0.262. The van der Waals surface area contributed by atoms with Gasteiger partial charge in [-0.25, -0.2) is 4.79 Å². The molecule has 4 heteroatoms. The molecular formula is C12H19NO3. The van der Waals surface area contributed by atoms with Crippen LogP contribution in [-0.4, -0.2) is 17.7 Å². The zero-order chi connectivity index (χ0) is 12.6. The van der Waals surface area contributed by atoms with Crippen molar-refractivity contribution in [1.29, 1.82) is 5.26 Å². The number of nitriles is 1. The monoisotopic (exact) mass is 225 g/mol. The number of carbonyl (C=O) groups excluding carboxylic acids is 1. The fraction of sp³-hybridized carbons (Fsp3) is 0.667. The maximum Gasteiger partial charge on any atom is 0.352 e. The van der Waals surface area contributed by atoms with E-state index in [4.69, 9.17) is 10.00 Å². The van der Waals surface area contributed by atoms with Crippen LogP contribution in [0, 0.1) is 17.2 Å². The Morgan fingerprint density at radius 2 is 1.94 bits per heavy atom. The first-order valence-electron chi connectivity index (χ1n) is 5.62. The number of hydrogen-bond acceptors (Lipinski definition) is 4. The minimum absolute atomic E-state index is 0.145. The van der Waals surface area contributed by atoms with Crippen molar-refractivity contribution in [2.24, 2.45) is 5.92 Å². The van der Waals surface area contributed by atoms with Gasteiger partial charge in [-0.3, -0.25) is 0 Å². The average molecular weight is 225 g/mol. The molecule has 0 saturated carbocycles. The standard InChI is InChI=1S/C12H19NO3/c1-4-7-16-12(15)10(8-13)11(14)9(5-2)6-3/h9,14H,4-7H2,1-3H3/b11-10-. The third-order valence-corrected chi connectivity index (χ3v) is 2.38. The van der Waals surface area contributed by atoms with Crippen LogP contribution < -0.4 is 0 Å². The predicted molar refractivity (Wildman–Crippen MR) is 60.6 cm³/mol. The van der Waals surface area contributed by atoms with E-state index in [1.807, 2.05) is 20.8 Å². The van der Waals surface area contributed by atoms with Gasteiger partial charge in [0, 0.05) is 5.92 Å². The molecule has 0 aromatic rings. The van der Waals surface area contributed by atoms with Crippen LogP contribution in [0.4, 0.5) is 0 Å². The highest BCUT2D eigenvalue weighted by atomic mass is 16.5. The molecule has 0 aliphatic heterocycles. The van der Waals surface area contributed by atoms with E-state index in [1.165, 1.54) is 0 Å². The van der Waals surface area contributed by atoms with Crippen LogP contribution in [0.5, 0.6) is 0 Å². The molecule has 90 valence electrons. The van der Waals surface area contributed by atoms with Crippen LogP contribution in [0.25, 0.3) is 0 Å². The van der Waals surface area contributed by atoms with Crippen molar-refractivity contribution in [2.45, 2.75) is 40.0 Å². The number of aliphatic hydroxyl groups is 1. The third kappa shape index (κ3) is 3.93.